The Morgan fingerprint density at radius 3 is 2.67 bits per heavy atom. The highest BCUT2D eigenvalue weighted by Crippen LogP contribution is 2.51. The molecule has 1 amide bonds. The lowest BCUT2D eigenvalue weighted by molar-refractivity contribution is -0.384. The minimum Gasteiger partial charge on any atom is -0.367 e. The number of carbonyl (C=O) groups excluding carboxylic acids is 1. The van der Waals surface area contributed by atoms with Crippen LogP contribution < -0.4 is 10.6 Å². The minimum absolute atomic E-state index is 0.0407. The average Bonchev–Trinajstić information content (AvgIpc) is 3.25. The topological polar surface area (TPSA) is 97.2 Å². The number of pyridine rings is 1. The first-order valence-corrected chi connectivity index (χ1v) is 7.00. The molecule has 7 heteroatoms. The van der Waals surface area contributed by atoms with Crippen molar-refractivity contribution < 1.29 is 9.72 Å². The van der Waals surface area contributed by atoms with E-state index in [9.17, 15) is 14.9 Å². The Morgan fingerprint density at radius 2 is 2.19 bits per heavy atom. The van der Waals surface area contributed by atoms with Crippen molar-refractivity contribution in [2.75, 3.05) is 18.9 Å². The van der Waals surface area contributed by atoms with E-state index in [1.165, 1.54) is 19.3 Å². The highest BCUT2D eigenvalue weighted by Gasteiger charge is 2.45. The zero-order valence-corrected chi connectivity index (χ0v) is 12.5. The van der Waals surface area contributed by atoms with Gasteiger partial charge in [0.1, 0.15) is 5.56 Å². The minimum atomic E-state index is -0.580. The quantitative estimate of drug-likeness (QED) is 0.618. The fourth-order valence-corrected chi connectivity index (χ4v) is 2.48. The van der Waals surface area contributed by atoms with Crippen molar-refractivity contribution in [2.24, 2.45) is 11.3 Å². The Morgan fingerprint density at radius 1 is 1.52 bits per heavy atom. The zero-order valence-electron chi connectivity index (χ0n) is 12.5. The van der Waals surface area contributed by atoms with Gasteiger partial charge in [0.15, 0.2) is 0 Å². The summed E-state index contributed by atoms with van der Waals surface area (Å²) in [5, 5.41) is 16.6. The van der Waals surface area contributed by atoms with E-state index in [1.54, 1.807) is 0 Å². The third kappa shape index (κ3) is 2.96. The maximum Gasteiger partial charge on any atom is 0.324 e. The molecular weight excluding hydrogens is 272 g/mol. The Bertz CT molecular complexity index is 567. The second kappa shape index (κ2) is 5.67. The van der Waals surface area contributed by atoms with Gasteiger partial charge >= 0.3 is 5.69 Å². The van der Waals surface area contributed by atoms with Crippen molar-refractivity contribution in [1.82, 2.24) is 10.3 Å². The molecule has 21 heavy (non-hydrogen) atoms. The maximum atomic E-state index is 12.3. The number of hydrogen-bond donors (Lipinski definition) is 2. The summed E-state index contributed by atoms with van der Waals surface area (Å²) in [7, 11) is 1.54. The summed E-state index contributed by atoms with van der Waals surface area (Å²) in [4.78, 5) is 26.7. The standard InChI is InChI=1S/C14H20N4O3/c1-9(2)14(5-6-14)8-17-13(19)10-4-7-16-12(15-3)11(10)18(20)21/h4,7,9H,5-6,8H2,1-3H3,(H,15,16)(H,17,19). The normalized spacial score (nSPS) is 15.6. The van der Waals surface area contributed by atoms with Gasteiger partial charge in [0, 0.05) is 19.8 Å². The predicted octanol–water partition coefficient (Wildman–Crippen LogP) is 2.20. The molecule has 1 heterocycles. The summed E-state index contributed by atoms with van der Waals surface area (Å²) in [6.45, 7) is 4.82. The molecule has 2 rings (SSSR count). The number of nitrogens with one attached hydrogen (secondary N) is 2. The maximum absolute atomic E-state index is 12.3. The SMILES string of the molecule is CNc1nccc(C(=O)NCC2(C(C)C)CC2)c1[N+](=O)[O-]. The summed E-state index contributed by atoms with van der Waals surface area (Å²) < 4.78 is 0. The molecule has 0 saturated heterocycles. The highest BCUT2D eigenvalue weighted by molar-refractivity contribution is 5.99. The van der Waals surface area contributed by atoms with Crippen LogP contribution in [0.4, 0.5) is 11.5 Å². The lowest BCUT2D eigenvalue weighted by Crippen LogP contribution is -2.33. The Kier molecular flexibility index (Phi) is 4.11. The van der Waals surface area contributed by atoms with Crippen molar-refractivity contribution in [3.63, 3.8) is 0 Å². The summed E-state index contributed by atoms with van der Waals surface area (Å²) in [5.41, 5.74) is -0.0886. The van der Waals surface area contributed by atoms with Gasteiger partial charge in [-0.15, -0.1) is 0 Å². The van der Waals surface area contributed by atoms with Crippen LogP contribution in [0.3, 0.4) is 0 Å². The average molecular weight is 292 g/mol. The predicted molar refractivity (Wildman–Crippen MR) is 79.3 cm³/mol. The zero-order chi connectivity index (χ0) is 15.6. The van der Waals surface area contributed by atoms with E-state index in [0.29, 0.717) is 12.5 Å². The molecule has 0 spiro atoms. The molecule has 1 aromatic rings. The van der Waals surface area contributed by atoms with Crippen LogP contribution in [0.2, 0.25) is 0 Å². The molecule has 0 aliphatic heterocycles. The van der Waals surface area contributed by atoms with Crippen LogP contribution in [0.5, 0.6) is 0 Å². The van der Waals surface area contributed by atoms with Crippen LogP contribution in [0.25, 0.3) is 0 Å². The molecule has 7 nitrogen and oxygen atoms in total. The van der Waals surface area contributed by atoms with Gasteiger partial charge < -0.3 is 10.6 Å². The molecular formula is C14H20N4O3. The number of nitro groups is 1. The smallest absolute Gasteiger partial charge is 0.324 e. The number of carbonyl (C=O) groups is 1. The molecule has 1 saturated carbocycles. The summed E-state index contributed by atoms with van der Waals surface area (Å²) in [5.74, 6) is 0.156. The van der Waals surface area contributed by atoms with Crippen molar-refractivity contribution in [2.45, 2.75) is 26.7 Å². The lowest BCUT2D eigenvalue weighted by atomic mass is 9.92. The largest absolute Gasteiger partial charge is 0.367 e. The molecule has 2 N–H and O–H groups in total. The van der Waals surface area contributed by atoms with Crippen molar-refractivity contribution in [1.29, 1.82) is 0 Å². The fourth-order valence-electron chi connectivity index (χ4n) is 2.48. The molecule has 1 fully saturated rings. The third-order valence-electron chi connectivity index (χ3n) is 4.31. The summed E-state index contributed by atoms with van der Waals surface area (Å²) in [6, 6.07) is 1.38. The van der Waals surface area contributed by atoms with Crippen LogP contribution in [0.1, 0.15) is 37.0 Å². The highest BCUT2D eigenvalue weighted by atomic mass is 16.6. The number of rotatable bonds is 6. The molecule has 0 bridgehead atoms. The lowest BCUT2D eigenvalue weighted by Gasteiger charge is -2.20. The van der Waals surface area contributed by atoms with E-state index in [-0.39, 0.29) is 22.5 Å². The van der Waals surface area contributed by atoms with Crippen LogP contribution >= 0.6 is 0 Å². The van der Waals surface area contributed by atoms with Gasteiger partial charge in [-0.2, -0.15) is 0 Å². The van der Waals surface area contributed by atoms with Crippen LogP contribution in [0, 0.1) is 21.4 Å². The third-order valence-corrected chi connectivity index (χ3v) is 4.31. The van der Waals surface area contributed by atoms with E-state index in [0.717, 1.165) is 12.8 Å². The molecule has 1 aliphatic rings. The number of amides is 1. The first kappa shape index (κ1) is 15.2. The Balaban J connectivity index is 2.18. The summed E-state index contributed by atoms with van der Waals surface area (Å²) in [6.07, 6.45) is 3.57. The summed E-state index contributed by atoms with van der Waals surface area (Å²) >= 11 is 0. The fraction of sp³-hybridized carbons (Fsp3) is 0.571. The second-order valence-electron chi connectivity index (χ2n) is 5.76. The van der Waals surface area contributed by atoms with E-state index in [4.69, 9.17) is 0 Å². The van der Waals surface area contributed by atoms with E-state index in [2.05, 4.69) is 29.5 Å². The van der Waals surface area contributed by atoms with Crippen molar-refractivity contribution >= 4 is 17.4 Å². The first-order chi connectivity index (χ1) is 9.91. The number of hydrogen-bond acceptors (Lipinski definition) is 5. The van der Waals surface area contributed by atoms with E-state index >= 15 is 0 Å². The van der Waals surface area contributed by atoms with Crippen molar-refractivity contribution in [3.8, 4) is 0 Å². The Hall–Kier alpha value is -2.18. The first-order valence-electron chi connectivity index (χ1n) is 7.00. The van der Waals surface area contributed by atoms with Gasteiger partial charge in [0.25, 0.3) is 5.91 Å². The monoisotopic (exact) mass is 292 g/mol. The van der Waals surface area contributed by atoms with Gasteiger partial charge in [-0.25, -0.2) is 4.98 Å². The number of anilines is 1. The van der Waals surface area contributed by atoms with Crippen LogP contribution in [-0.4, -0.2) is 29.4 Å². The second-order valence-corrected chi connectivity index (χ2v) is 5.76. The van der Waals surface area contributed by atoms with Gasteiger partial charge in [-0.3, -0.25) is 14.9 Å². The molecule has 1 aromatic heterocycles. The number of nitrogens with zero attached hydrogens (tertiary/aromatic N) is 2. The van der Waals surface area contributed by atoms with E-state index in [1.807, 2.05) is 0 Å². The van der Waals surface area contributed by atoms with Crippen LogP contribution in [0.15, 0.2) is 12.3 Å². The molecule has 0 radical (unpaired) electrons. The van der Waals surface area contributed by atoms with Crippen molar-refractivity contribution in [3.05, 3.63) is 27.9 Å². The molecule has 0 unspecified atom stereocenters. The molecule has 114 valence electrons. The number of aromatic nitrogens is 1. The van der Waals surface area contributed by atoms with Gasteiger partial charge in [-0.1, -0.05) is 13.8 Å². The van der Waals surface area contributed by atoms with E-state index < -0.39 is 10.8 Å². The van der Waals surface area contributed by atoms with Gasteiger partial charge in [-0.05, 0) is 30.2 Å². The Labute approximate surface area is 123 Å². The van der Waals surface area contributed by atoms with Gasteiger partial charge in [0.05, 0.1) is 4.92 Å². The molecule has 1 aliphatic carbocycles. The van der Waals surface area contributed by atoms with Gasteiger partial charge in [0.2, 0.25) is 5.82 Å². The molecule has 0 aromatic carbocycles. The molecule has 0 atom stereocenters. The van der Waals surface area contributed by atoms with Crippen LogP contribution in [-0.2, 0) is 0 Å².